The van der Waals surface area contributed by atoms with E-state index in [2.05, 4.69) is 20.5 Å². The van der Waals surface area contributed by atoms with Crippen molar-refractivity contribution < 1.29 is 22.4 Å². The van der Waals surface area contributed by atoms with Crippen molar-refractivity contribution in [2.75, 3.05) is 11.1 Å². The highest BCUT2D eigenvalue weighted by molar-refractivity contribution is 6.04. The minimum absolute atomic E-state index is 0.205. The maximum atomic E-state index is 14.7. The van der Waals surface area contributed by atoms with Crippen LogP contribution in [0.5, 0.6) is 0 Å². The van der Waals surface area contributed by atoms with Crippen molar-refractivity contribution >= 4 is 22.9 Å². The summed E-state index contributed by atoms with van der Waals surface area (Å²) >= 11 is 0. The molecule has 12 heteroatoms. The van der Waals surface area contributed by atoms with E-state index in [0.717, 1.165) is 12.1 Å². The highest BCUT2D eigenvalue weighted by Crippen LogP contribution is 2.30. The second-order valence-electron chi connectivity index (χ2n) is 7.99. The lowest BCUT2D eigenvalue weighted by Crippen LogP contribution is -2.15. The Morgan fingerprint density at radius 1 is 1.08 bits per heavy atom. The molecule has 5 rings (SSSR count). The van der Waals surface area contributed by atoms with Gasteiger partial charge in [0.15, 0.2) is 5.82 Å². The summed E-state index contributed by atoms with van der Waals surface area (Å²) in [6.07, 6.45) is 0.00164. The van der Waals surface area contributed by atoms with E-state index >= 15 is 0 Å². The summed E-state index contributed by atoms with van der Waals surface area (Å²) in [5, 5.41) is 10.9. The van der Waals surface area contributed by atoms with E-state index in [1.54, 1.807) is 36.0 Å². The molecule has 36 heavy (non-hydrogen) atoms. The number of carbonyl (C=O) groups excluding carboxylic acids is 1. The number of hydrogen-bond acceptors (Lipinski definition) is 5. The smallest absolute Gasteiger partial charge is 0.382 e. The third-order valence-corrected chi connectivity index (χ3v) is 5.59. The van der Waals surface area contributed by atoms with Crippen LogP contribution < -0.4 is 11.1 Å². The molecule has 5 aromatic rings. The molecule has 0 bridgehead atoms. The second kappa shape index (κ2) is 8.48. The van der Waals surface area contributed by atoms with Gasteiger partial charge in [-0.2, -0.15) is 23.4 Å². The summed E-state index contributed by atoms with van der Waals surface area (Å²) < 4.78 is 56.8. The topological polar surface area (TPSA) is 103 Å². The molecule has 3 N–H and O–H groups in total. The maximum absolute atomic E-state index is 14.7. The number of fused-ring (bicyclic) bond motifs is 1. The molecule has 3 aromatic heterocycles. The first kappa shape index (κ1) is 23.0. The molecule has 0 saturated carbocycles. The van der Waals surface area contributed by atoms with Gasteiger partial charge in [0.1, 0.15) is 17.7 Å². The molecule has 0 aliphatic rings. The van der Waals surface area contributed by atoms with Crippen LogP contribution in [-0.2, 0) is 6.18 Å². The molecule has 1 amide bonds. The van der Waals surface area contributed by atoms with Crippen LogP contribution in [0.25, 0.3) is 22.5 Å². The number of nitrogens with two attached hydrogens (primary N) is 1. The van der Waals surface area contributed by atoms with Gasteiger partial charge in [0, 0.05) is 17.3 Å². The van der Waals surface area contributed by atoms with Crippen molar-refractivity contribution in [3.8, 4) is 16.9 Å². The standard InChI is InChI=1S/C24H17F4N7O/c1-13-7-17(25)18(33-23(36)14-3-2-4-16(8-14)24(26,27)28)9-21(13)34-11-15(10-31-34)19-5-6-20-22(29)30-12-32-35(19)20/h2-12H,1H3,(H,33,36)(H2,29,30,32). The summed E-state index contributed by atoms with van der Waals surface area (Å²) in [5.74, 6) is -1.30. The summed E-state index contributed by atoms with van der Waals surface area (Å²) in [6, 6.07) is 10.0. The van der Waals surface area contributed by atoms with Crippen LogP contribution in [0, 0.1) is 12.7 Å². The Morgan fingerprint density at radius 3 is 2.67 bits per heavy atom. The number of hydrogen-bond donors (Lipinski definition) is 2. The summed E-state index contributed by atoms with van der Waals surface area (Å²) in [5.41, 5.74) is 7.43. The van der Waals surface area contributed by atoms with Gasteiger partial charge in [0.25, 0.3) is 5.91 Å². The van der Waals surface area contributed by atoms with Crippen molar-refractivity contribution in [2.24, 2.45) is 0 Å². The van der Waals surface area contributed by atoms with Gasteiger partial charge in [-0.25, -0.2) is 18.6 Å². The van der Waals surface area contributed by atoms with Gasteiger partial charge in [-0.05, 0) is 55.0 Å². The predicted molar refractivity (Wildman–Crippen MR) is 124 cm³/mol. The number of nitrogens with one attached hydrogen (secondary N) is 1. The molecule has 8 nitrogen and oxygen atoms in total. The fourth-order valence-corrected chi connectivity index (χ4v) is 3.79. The predicted octanol–water partition coefficient (Wildman–Crippen LogP) is 4.88. The molecule has 2 aromatic carbocycles. The lowest BCUT2D eigenvalue weighted by Gasteiger charge is -2.13. The van der Waals surface area contributed by atoms with Crippen LogP contribution >= 0.6 is 0 Å². The van der Waals surface area contributed by atoms with Gasteiger partial charge >= 0.3 is 6.18 Å². The largest absolute Gasteiger partial charge is 0.416 e. The van der Waals surface area contributed by atoms with Crippen molar-refractivity contribution in [2.45, 2.75) is 13.1 Å². The number of rotatable bonds is 4. The number of aromatic nitrogens is 5. The van der Waals surface area contributed by atoms with Crippen LogP contribution in [0.4, 0.5) is 29.1 Å². The Hall–Kier alpha value is -4.74. The number of benzene rings is 2. The number of alkyl halides is 3. The Morgan fingerprint density at radius 2 is 1.89 bits per heavy atom. The lowest BCUT2D eigenvalue weighted by molar-refractivity contribution is -0.137. The van der Waals surface area contributed by atoms with Gasteiger partial charge < -0.3 is 11.1 Å². The number of halogens is 4. The van der Waals surface area contributed by atoms with Crippen LogP contribution in [0.1, 0.15) is 21.5 Å². The van der Waals surface area contributed by atoms with E-state index in [-0.39, 0.29) is 11.3 Å². The normalized spacial score (nSPS) is 11.7. The van der Waals surface area contributed by atoms with Crippen LogP contribution in [0.2, 0.25) is 0 Å². The fraction of sp³-hybridized carbons (Fsp3) is 0.0833. The van der Waals surface area contributed by atoms with E-state index in [1.165, 1.54) is 29.2 Å². The Balaban J connectivity index is 1.47. The van der Waals surface area contributed by atoms with E-state index in [1.807, 2.05) is 0 Å². The van der Waals surface area contributed by atoms with Gasteiger partial charge in [0.05, 0.1) is 28.8 Å². The minimum atomic E-state index is -4.61. The molecule has 0 aliphatic heterocycles. The average molecular weight is 495 g/mol. The van der Waals surface area contributed by atoms with Gasteiger partial charge in [-0.15, -0.1) is 0 Å². The first-order valence-electron chi connectivity index (χ1n) is 10.5. The first-order valence-corrected chi connectivity index (χ1v) is 10.5. The van der Waals surface area contributed by atoms with Crippen LogP contribution in [-0.4, -0.2) is 30.3 Å². The SMILES string of the molecule is Cc1cc(F)c(NC(=O)c2cccc(C(F)(F)F)c2)cc1-n1cc(-c2ccc3c(N)ncnn23)cn1. The average Bonchev–Trinajstić information content (AvgIpc) is 3.48. The van der Waals surface area contributed by atoms with Gasteiger partial charge in [-0.3, -0.25) is 4.79 Å². The monoisotopic (exact) mass is 495 g/mol. The number of amides is 1. The molecule has 0 spiro atoms. The Labute approximate surface area is 201 Å². The van der Waals surface area contributed by atoms with E-state index < -0.39 is 23.5 Å². The zero-order chi connectivity index (χ0) is 25.6. The molecule has 0 aliphatic carbocycles. The fourth-order valence-electron chi connectivity index (χ4n) is 3.79. The maximum Gasteiger partial charge on any atom is 0.416 e. The number of aryl methyl sites for hydroxylation is 1. The quantitative estimate of drug-likeness (QED) is 0.346. The van der Waals surface area contributed by atoms with Crippen LogP contribution in [0.15, 0.2) is 67.3 Å². The zero-order valence-corrected chi connectivity index (χ0v) is 18.6. The first-order chi connectivity index (χ1) is 17.1. The molecule has 0 saturated heterocycles. The van der Waals surface area contributed by atoms with Gasteiger partial charge in [-0.1, -0.05) is 6.07 Å². The van der Waals surface area contributed by atoms with E-state index in [0.29, 0.717) is 39.9 Å². The molecular formula is C24H17F4N7O. The molecule has 0 fully saturated rings. The Bertz CT molecular complexity index is 1620. The summed E-state index contributed by atoms with van der Waals surface area (Å²) in [6.45, 7) is 1.67. The van der Waals surface area contributed by atoms with Crippen molar-refractivity contribution in [3.63, 3.8) is 0 Å². The van der Waals surface area contributed by atoms with Crippen molar-refractivity contribution in [1.82, 2.24) is 24.4 Å². The third kappa shape index (κ3) is 4.13. The molecule has 182 valence electrons. The number of anilines is 2. The van der Waals surface area contributed by atoms with Crippen LogP contribution in [0.3, 0.4) is 0 Å². The van der Waals surface area contributed by atoms with Crippen molar-refractivity contribution in [1.29, 1.82) is 0 Å². The third-order valence-electron chi connectivity index (χ3n) is 5.59. The molecule has 0 radical (unpaired) electrons. The molecular weight excluding hydrogens is 478 g/mol. The number of nitrogen functional groups attached to an aromatic ring is 1. The minimum Gasteiger partial charge on any atom is -0.382 e. The van der Waals surface area contributed by atoms with Gasteiger partial charge in [0.2, 0.25) is 0 Å². The highest BCUT2D eigenvalue weighted by atomic mass is 19.4. The number of nitrogens with zero attached hydrogens (tertiary/aromatic N) is 5. The Kier molecular flexibility index (Phi) is 5.43. The van der Waals surface area contributed by atoms with E-state index in [9.17, 15) is 22.4 Å². The highest BCUT2D eigenvalue weighted by Gasteiger charge is 2.31. The molecule has 0 unspecified atom stereocenters. The molecule has 3 heterocycles. The van der Waals surface area contributed by atoms with Crippen molar-refractivity contribution in [3.05, 3.63) is 89.8 Å². The van der Waals surface area contributed by atoms with E-state index in [4.69, 9.17) is 5.73 Å². The summed E-state index contributed by atoms with van der Waals surface area (Å²) in [4.78, 5) is 16.6. The molecule has 0 atom stereocenters. The summed E-state index contributed by atoms with van der Waals surface area (Å²) in [7, 11) is 0. The zero-order valence-electron chi connectivity index (χ0n) is 18.6. The lowest BCUT2D eigenvalue weighted by atomic mass is 10.1. The second-order valence-corrected chi connectivity index (χ2v) is 7.99. The number of carbonyl (C=O) groups is 1.